The average molecular weight is 360 g/mol. The topological polar surface area (TPSA) is 12.9 Å². The molecule has 1 aromatic heterocycles. The Morgan fingerprint density at radius 2 is 1.27 bits per heavy atom. The van der Waals surface area contributed by atoms with E-state index in [4.69, 9.17) is 4.98 Å². The molecule has 0 aliphatic rings. The molecule has 3 aromatic rings. The standard InChI is InChI=1S/C24H29NSi/c1-24(2,3)21-16-22(25-17-23(21)26(4,5)6)20-14-12-19(13-15-20)18-10-8-7-9-11-18/h7-17H,1-6H3. The SMILES string of the molecule is CC(C)(C)c1cc(-c2ccc(-c3ccccc3)cc2)ncc1[Si](C)(C)C. The van der Waals surface area contributed by atoms with E-state index in [0.717, 1.165) is 5.69 Å². The monoisotopic (exact) mass is 359 g/mol. The van der Waals surface area contributed by atoms with Gasteiger partial charge in [0.05, 0.1) is 13.8 Å². The predicted molar refractivity (Wildman–Crippen MR) is 117 cm³/mol. The molecule has 0 amide bonds. The molecule has 0 bridgehead atoms. The Bertz CT molecular complexity index is 882. The zero-order chi connectivity index (χ0) is 18.9. The Balaban J connectivity index is 2.02. The third-order valence-electron chi connectivity index (χ3n) is 4.81. The van der Waals surface area contributed by atoms with Crippen molar-refractivity contribution in [2.75, 3.05) is 0 Å². The third-order valence-corrected chi connectivity index (χ3v) is 6.82. The normalized spacial score (nSPS) is 12.2. The number of aromatic nitrogens is 1. The van der Waals surface area contributed by atoms with Crippen LogP contribution in [0.1, 0.15) is 26.3 Å². The fourth-order valence-electron chi connectivity index (χ4n) is 3.30. The lowest BCUT2D eigenvalue weighted by atomic mass is 9.86. The summed E-state index contributed by atoms with van der Waals surface area (Å²) in [5.41, 5.74) is 6.29. The zero-order valence-corrected chi connectivity index (χ0v) is 17.8. The molecule has 2 aromatic carbocycles. The average Bonchev–Trinajstić information content (AvgIpc) is 2.61. The molecule has 0 fully saturated rings. The molecule has 1 heterocycles. The molecule has 3 rings (SSSR count). The first-order valence-corrected chi connectivity index (χ1v) is 12.8. The van der Waals surface area contributed by atoms with Crippen LogP contribution < -0.4 is 5.19 Å². The number of rotatable bonds is 3. The van der Waals surface area contributed by atoms with E-state index in [1.807, 2.05) is 0 Å². The Morgan fingerprint density at radius 3 is 1.81 bits per heavy atom. The summed E-state index contributed by atoms with van der Waals surface area (Å²) in [6.45, 7) is 14.1. The van der Waals surface area contributed by atoms with E-state index in [0.29, 0.717) is 0 Å². The molecular formula is C24H29NSi. The van der Waals surface area contributed by atoms with Crippen molar-refractivity contribution in [3.8, 4) is 22.4 Å². The van der Waals surface area contributed by atoms with E-state index in [1.165, 1.54) is 27.4 Å². The van der Waals surface area contributed by atoms with Crippen molar-refractivity contribution < 1.29 is 0 Å². The van der Waals surface area contributed by atoms with Crippen LogP contribution in [0.15, 0.2) is 66.9 Å². The summed E-state index contributed by atoms with van der Waals surface area (Å²) in [6, 6.07) is 21.6. The quantitative estimate of drug-likeness (QED) is 0.503. The maximum Gasteiger partial charge on any atom is 0.0800 e. The Hall–Kier alpha value is -2.19. The van der Waals surface area contributed by atoms with Crippen molar-refractivity contribution in [3.05, 3.63) is 72.4 Å². The van der Waals surface area contributed by atoms with Gasteiger partial charge in [-0.15, -0.1) is 0 Å². The van der Waals surface area contributed by atoms with Crippen molar-refractivity contribution in [3.63, 3.8) is 0 Å². The van der Waals surface area contributed by atoms with Crippen molar-refractivity contribution in [1.82, 2.24) is 4.98 Å². The molecule has 26 heavy (non-hydrogen) atoms. The largest absolute Gasteiger partial charge is 0.256 e. The summed E-state index contributed by atoms with van der Waals surface area (Å²) in [4.78, 5) is 4.83. The minimum atomic E-state index is -1.43. The van der Waals surface area contributed by atoms with Gasteiger partial charge in [0.2, 0.25) is 0 Å². The van der Waals surface area contributed by atoms with E-state index in [2.05, 4.69) is 107 Å². The predicted octanol–water partition coefficient (Wildman–Crippen LogP) is 6.26. The summed E-state index contributed by atoms with van der Waals surface area (Å²) in [5, 5.41) is 1.47. The number of hydrogen-bond acceptors (Lipinski definition) is 1. The second-order valence-electron chi connectivity index (χ2n) is 9.06. The fraction of sp³-hybridized carbons (Fsp3) is 0.292. The van der Waals surface area contributed by atoms with Crippen LogP contribution in [0.5, 0.6) is 0 Å². The van der Waals surface area contributed by atoms with Crippen LogP contribution in [0.3, 0.4) is 0 Å². The molecule has 2 heteroatoms. The van der Waals surface area contributed by atoms with E-state index in [-0.39, 0.29) is 5.41 Å². The van der Waals surface area contributed by atoms with Gasteiger partial charge in [0.25, 0.3) is 0 Å². The summed E-state index contributed by atoms with van der Waals surface area (Å²) in [6.07, 6.45) is 2.13. The Kier molecular flexibility index (Phi) is 4.89. The lowest BCUT2D eigenvalue weighted by Crippen LogP contribution is -2.43. The first kappa shape index (κ1) is 18.6. The number of benzene rings is 2. The highest BCUT2D eigenvalue weighted by atomic mass is 28.3. The van der Waals surface area contributed by atoms with Gasteiger partial charge in [-0.2, -0.15) is 0 Å². The van der Waals surface area contributed by atoms with Crippen LogP contribution >= 0.6 is 0 Å². The maximum absolute atomic E-state index is 4.83. The highest BCUT2D eigenvalue weighted by Gasteiger charge is 2.27. The fourth-order valence-corrected chi connectivity index (χ4v) is 5.00. The minimum absolute atomic E-state index is 0.122. The highest BCUT2D eigenvalue weighted by Crippen LogP contribution is 2.28. The van der Waals surface area contributed by atoms with E-state index >= 15 is 0 Å². The van der Waals surface area contributed by atoms with E-state index in [1.54, 1.807) is 0 Å². The molecule has 0 saturated carbocycles. The van der Waals surface area contributed by atoms with Crippen LogP contribution in [0.25, 0.3) is 22.4 Å². The molecule has 0 saturated heterocycles. The Labute approximate surface area is 159 Å². The van der Waals surface area contributed by atoms with E-state index < -0.39 is 8.07 Å². The van der Waals surface area contributed by atoms with Crippen LogP contribution in [0.4, 0.5) is 0 Å². The number of nitrogens with zero attached hydrogens (tertiary/aromatic N) is 1. The third kappa shape index (κ3) is 3.96. The highest BCUT2D eigenvalue weighted by molar-refractivity contribution is 6.89. The van der Waals surface area contributed by atoms with Gasteiger partial charge in [0.15, 0.2) is 0 Å². The maximum atomic E-state index is 4.83. The van der Waals surface area contributed by atoms with Gasteiger partial charge in [-0.25, -0.2) is 0 Å². The molecule has 0 radical (unpaired) electrons. The first-order valence-electron chi connectivity index (χ1n) is 9.33. The van der Waals surface area contributed by atoms with Crippen LogP contribution in [0, 0.1) is 0 Å². The summed E-state index contributed by atoms with van der Waals surface area (Å²) in [5.74, 6) is 0. The summed E-state index contributed by atoms with van der Waals surface area (Å²) in [7, 11) is -1.43. The van der Waals surface area contributed by atoms with Crippen molar-refractivity contribution in [2.45, 2.75) is 45.8 Å². The first-order chi connectivity index (χ1) is 12.2. The lowest BCUT2D eigenvalue weighted by molar-refractivity contribution is 0.593. The lowest BCUT2D eigenvalue weighted by Gasteiger charge is -2.29. The second kappa shape index (κ2) is 6.84. The van der Waals surface area contributed by atoms with Crippen molar-refractivity contribution in [2.24, 2.45) is 0 Å². The molecule has 0 aliphatic heterocycles. The summed E-state index contributed by atoms with van der Waals surface area (Å²) < 4.78 is 0. The smallest absolute Gasteiger partial charge is 0.0800 e. The van der Waals surface area contributed by atoms with Crippen molar-refractivity contribution >= 4 is 13.3 Å². The molecule has 134 valence electrons. The van der Waals surface area contributed by atoms with E-state index in [9.17, 15) is 0 Å². The van der Waals surface area contributed by atoms with Crippen LogP contribution in [0.2, 0.25) is 19.6 Å². The van der Waals surface area contributed by atoms with Gasteiger partial charge in [0, 0.05) is 11.8 Å². The van der Waals surface area contributed by atoms with Gasteiger partial charge in [0.1, 0.15) is 0 Å². The number of pyridine rings is 1. The molecule has 1 nitrogen and oxygen atoms in total. The summed E-state index contributed by atoms with van der Waals surface area (Å²) >= 11 is 0. The van der Waals surface area contributed by atoms with Crippen LogP contribution in [-0.4, -0.2) is 13.1 Å². The zero-order valence-electron chi connectivity index (χ0n) is 16.8. The van der Waals surface area contributed by atoms with Gasteiger partial charge in [-0.1, -0.05) is 95.0 Å². The minimum Gasteiger partial charge on any atom is -0.256 e. The molecule has 0 unspecified atom stereocenters. The van der Waals surface area contributed by atoms with Gasteiger partial charge in [-0.05, 0) is 33.4 Å². The second-order valence-corrected chi connectivity index (χ2v) is 14.1. The van der Waals surface area contributed by atoms with Gasteiger partial charge in [-0.3, -0.25) is 4.98 Å². The van der Waals surface area contributed by atoms with Gasteiger partial charge >= 0.3 is 0 Å². The Morgan fingerprint density at radius 1 is 0.731 bits per heavy atom. The number of hydrogen-bond donors (Lipinski definition) is 0. The molecular weight excluding hydrogens is 330 g/mol. The van der Waals surface area contributed by atoms with Gasteiger partial charge < -0.3 is 0 Å². The van der Waals surface area contributed by atoms with Crippen molar-refractivity contribution in [1.29, 1.82) is 0 Å². The molecule has 0 aliphatic carbocycles. The molecule has 0 atom stereocenters. The molecule has 0 spiro atoms. The van der Waals surface area contributed by atoms with Crippen LogP contribution in [-0.2, 0) is 5.41 Å². The molecule has 0 N–H and O–H groups in total.